The summed E-state index contributed by atoms with van der Waals surface area (Å²) in [5.74, 6) is 2.80. The molecular weight excluding hydrogens is 352 g/mol. The number of carbonyl (C=O) groups excluding carboxylic acids is 1. The van der Waals surface area contributed by atoms with Crippen molar-refractivity contribution in [3.05, 3.63) is 42.0 Å². The van der Waals surface area contributed by atoms with Gasteiger partial charge in [0.15, 0.2) is 0 Å². The molecule has 2 aliphatic carbocycles. The van der Waals surface area contributed by atoms with Gasteiger partial charge in [-0.3, -0.25) is 4.79 Å². The number of hydrogen-bond acceptors (Lipinski definition) is 4. The molecule has 2 atom stereocenters. The van der Waals surface area contributed by atoms with E-state index in [1.807, 2.05) is 23.1 Å². The lowest BCUT2D eigenvalue weighted by Crippen LogP contribution is -2.50. The van der Waals surface area contributed by atoms with Crippen LogP contribution in [0.5, 0.6) is 11.5 Å². The van der Waals surface area contributed by atoms with E-state index in [0.717, 1.165) is 55.4 Å². The van der Waals surface area contributed by atoms with Crippen LogP contribution >= 0.6 is 0 Å². The van der Waals surface area contributed by atoms with Gasteiger partial charge < -0.3 is 19.3 Å². The number of benzene rings is 1. The molecule has 1 saturated carbocycles. The number of anilines is 1. The summed E-state index contributed by atoms with van der Waals surface area (Å²) in [5, 5.41) is 0. The molecule has 4 rings (SSSR count). The Labute approximate surface area is 167 Å². The number of ether oxygens (including phenoxy) is 2. The number of methoxy groups -OCH3 is 2. The lowest BCUT2D eigenvalue weighted by atomic mass is 9.72. The van der Waals surface area contributed by atoms with Crippen molar-refractivity contribution in [2.45, 2.75) is 25.7 Å². The van der Waals surface area contributed by atoms with Crippen LogP contribution < -0.4 is 14.4 Å². The second kappa shape index (κ2) is 8.29. The van der Waals surface area contributed by atoms with Crippen molar-refractivity contribution in [3.8, 4) is 11.5 Å². The predicted octanol–water partition coefficient (Wildman–Crippen LogP) is 3.66. The summed E-state index contributed by atoms with van der Waals surface area (Å²) >= 11 is 0. The summed E-state index contributed by atoms with van der Waals surface area (Å²) in [5.41, 5.74) is 2.11. The predicted molar refractivity (Wildman–Crippen MR) is 111 cm³/mol. The average molecular weight is 383 g/mol. The zero-order valence-corrected chi connectivity index (χ0v) is 16.9. The van der Waals surface area contributed by atoms with Crippen LogP contribution in [-0.2, 0) is 4.79 Å². The van der Waals surface area contributed by atoms with E-state index < -0.39 is 0 Å². The first-order valence-electron chi connectivity index (χ1n) is 10.4. The van der Waals surface area contributed by atoms with Crippen LogP contribution in [0.25, 0.3) is 0 Å². The molecule has 1 amide bonds. The smallest absolute Gasteiger partial charge is 0.250 e. The van der Waals surface area contributed by atoms with Crippen LogP contribution in [0.4, 0.5) is 5.69 Å². The van der Waals surface area contributed by atoms with Gasteiger partial charge in [-0.15, -0.1) is 0 Å². The van der Waals surface area contributed by atoms with Gasteiger partial charge in [0.2, 0.25) is 5.91 Å². The second-order valence-electron chi connectivity index (χ2n) is 7.91. The maximum Gasteiger partial charge on any atom is 0.250 e. The molecule has 5 nitrogen and oxygen atoms in total. The second-order valence-corrected chi connectivity index (χ2v) is 7.91. The first kappa shape index (κ1) is 18.9. The normalized spacial score (nSPS) is 24.4. The highest BCUT2D eigenvalue weighted by molar-refractivity contribution is 5.94. The topological polar surface area (TPSA) is 42.0 Å². The summed E-state index contributed by atoms with van der Waals surface area (Å²) in [6.45, 7) is 3.13. The maximum atomic E-state index is 13.2. The number of amides is 1. The molecule has 0 radical (unpaired) electrons. The van der Waals surface area contributed by atoms with Crippen molar-refractivity contribution < 1.29 is 14.3 Å². The van der Waals surface area contributed by atoms with Crippen molar-refractivity contribution in [1.29, 1.82) is 0 Å². The Balaban J connectivity index is 1.42. The van der Waals surface area contributed by atoms with E-state index in [0.29, 0.717) is 11.8 Å². The van der Waals surface area contributed by atoms with Crippen LogP contribution in [0.2, 0.25) is 0 Å². The van der Waals surface area contributed by atoms with E-state index in [1.165, 1.54) is 19.3 Å². The molecule has 0 spiro atoms. The Morgan fingerprint density at radius 2 is 1.64 bits per heavy atom. The Kier molecular flexibility index (Phi) is 5.60. The quantitative estimate of drug-likeness (QED) is 0.797. The van der Waals surface area contributed by atoms with E-state index in [9.17, 15) is 4.79 Å². The van der Waals surface area contributed by atoms with E-state index in [1.54, 1.807) is 14.2 Å². The molecule has 0 N–H and O–H groups in total. The summed E-state index contributed by atoms with van der Waals surface area (Å²) in [4.78, 5) is 17.5. The molecular formula is C23H30N2O3. The van der Waals surface area contributed by atoms with Crippen LogP contribution in [0.15, 0.2) is 42.0 Å². The molecule has 1 heterocycles. The van der Waals surface area contributed by atoms with Gasteiger partial charge >= 0.3 is 0 Å². The van der Waals surface area contributed by atoms with Gasteiger partial charge in [-0.05, 0) is 24.7 Å². The van der Waals surface area contributed by atoms with Gasteiger partial charge in [-0.2, -0.15) is 0 Å². The number of nitrogens with zero attached hydrogens (tertiary/aromatic N) is 2. The molecule has 2 unspecified atom stereocenters. The molecule has 1 aliphatic heterocycles. The Morgan fingerprint density at radius 3 is 2.32 bits per heavy atom. The van der Waals surface area contributed by atoms with Crippen molar-refractivity contribution in [2.75, 3.05) is 45.3 Å². The molecule has 5 heteroatoms. The lowest BCUT2D eigenvalue weighted by molar-refractivity contribution is -0.128. The summed E-state index contributed by atoms with van der Waals surface area (Å²) < 4.78 is 10.8. The monoisotopic (exact) mass is 382 g/mol. The fourth-order valence-corrected chi connectivity index (χ4v) is 4.76. The van der Waals surface area contributed by atoms with Crippen LogP contribution in [0.1, 0.15) is 25.7 Å². The van der Waals surface area contributed by atoms with Gasteiger partial charge in [0, 0.05) is 55.6 Å². The molecule has 2 fully saturated rings. The van der Waals surface area contributed by atoms with Crippen molar-refractivity contribution in [2.24, 2.45) is 11.8 Å². The summed E-state index contributed by atoms with van der Waals surface area (Å²) in [6, 6.07) is 5.94. The highest BCUT2D eigenvalue weighted by atomic mass is 16.5. The van der Waals surface area contributed by atoms with Gasteiger partial charge in [-0.25, -0.2) is 0 Å². The minimum Gasteiger partial charge on any atom is -0.497 e. The number of carbonyl (C=O) groups is 1. The van der Waals surface area contributed by atoms with Crippen molar-refractivity contribution in [1.82, 2.24) is 4.90 Å². The number of piperazine rings is 1. The average Bonchev–Trinajstić information content (AvgIpc) is 2.78. The number of hydrogen-bond donors (Lipinski definition) is 0. The van der Waals surface area contributed by atoms with Gasteiger partial charge in [0.05, 0.1) is 14.2 Å². The molecule has 1 saturated heterocycles. The molecule has 1 aromatic rings. The minimum atomic E-state index is 0.240. The van der Waals surface area contributed by atoms with E-state index in [4.69, 9.17) is 9.47 Å². The third-order valence-electron chi connectivity index (χ3n) is 6.37. The largest absolute Gasteiger partial charge is 0.497 e. The van der Waals surface area contributed by atoms with E-state index in [-0.39, 0.29) is 5.91 Å². The fraction of sp³-hybridized carbons (Fsp3) is 0.522. The molecule has 0 aromatic heterocycles. The molecule has 150 valence electrons. The zero-order chi connectivity index (χ0) is 19.5. The molecule has 3 aliphatic rings. The Hall–Kier alpha value is -2.43. The highest BCUT2D eigenvalue weighted by Crippen LogP contribution is 2.39. The number of rotatable bonds is 4. The molecule has 0 bridgehead atoms. The van der Waals surface area contributed by atoms with Gasteiger partial charge in [0.25, 0.3) is 0 Å². The number of allylic oxidation sites excluding steroid dienone is 3. The fourth-order valence-electron chi connectivity index (χ4n) is 4.76. The Morgan fingerprint density at radius 1 is 0.964 bits per heavy atom. The minimum absolute atomic E-state index is 0.240. The SMILES string of the molecule is COc1cc(OC)cc(N2CCN(C(=O)C3=CC=CC4CCCCC34)CC2)c1. The van der Waals surface area contributed by atoms with Gasteiger partial charge in [-0.1, -0.05) is 31.1 Å². The Bertz CT molecular complexity index is 756. The molecule has 1 aromatic carbocycles. The zero-order valence-electron chi connectivity index (χ0n) is 16.9. The first-order chi connectivity index (χ1) is 13.7. The van der Waals surface area contributed by atoms with Crippen molar-refractivity contribution >= 4 is 11.6 Å². The van der Waals surface area contributed by atoms with E-state index in [2.05, 4.69) is 23.1 Å². The van der Waals surface area contributed by atoms with Crippen LogP contribution in [0, 0.1) is 11.8 Å². The van der Waals surface area contributed by atoms with Crippen LogP contribution in [0.3, 0.4) is 0 Å². The maximum absolute atomic E-state index is 13.2. The first-order valence-corrected chi connectivity index (χ1v) is 10.4. The van der Waals surface area contributed by atoms with Crippen LogP contribution in [-0.4, -0.2) is 51.2 Å². The summed E-state index contributed by atoms with van der Waals surface area (Å²) in [7, 11) is 3.33. The van der Waals surface area contributed by atoms with Gasteiger partial charge in [0.1, 0.15) is 11.5 Å². The molecule has 28 heavy (non-hydrogen) atoms. The summed E-state index contributed by atoms with van der Waals surface area (Å²) in [6.07, 6.45) is 11.4. The van der Waals surface area contributed by atoms with E-state index >= 15 is 0 Å². The third-order valence-corrected chi connectivity index (χ3v) is 6.37. The van der Waals surface area contributed by atoms with Crippen molar-refractivity contribution in [3.63, 3.8) is 0 Å². The number of fused-ring (bicyclic) bond motifs is 1. The standard InChI is InChI=1S/C23H30N2O3/c1-27-19-14-18(15-20(16-19)28-2)24-10-12-25(13-11-24)23(26)22-9-5-7-17-6-3-4-8-21(17)22/h5,7,9,14-17,21H,3-4,6,8,10-13H2,1-2H3. The third kappa shape index (κ3) is 3.75. The highest BCUT2D eigenvalue weighted by Gasteiger charge is 2.34. The lowest BCUT2D eigenvalue weighted by Gasteiger charge is -2.39.